The third kappa shape index (κ3) is 4.26. The molecule has 0 aliphatic carbocycles. The number of alkyl halides is 10. The van der Waals surface area contributed by atoms with Gasteiger partial charge in [0.05, 0.1) is 0 Å². The van der Waals surface area contributed by atoms with Gasteiger partial charge in [0.1, 0.15) is 0 Å². The van der Waals surface area contributed by atoms with E-state index in [1.807, 2.05) is 4.74 Å². The van der Waals surface area contributed by atoms with Crippen LogP contribution < -0.4 is 0 Å². The highest BCUT2D eigenvalue weighted by Crippen LogP contribution is 2.53. The number of rotatable bonds is 7. The molecule has 0 saturated heterocycles. The van der Waals surface area contributed by atoms with E-state index in [0.29, 0.717) is 0 Å². The van der Waals surface area contributed by atoms with Crippen molar-refractivity contribution in [3.05, 3.63) is 12.1 Å². The van der Waals surface area contributed by atoms with E-state index in [0.717, 1.165) is 0 Å². The Morgan fingerprint density at radius 2 is 1.19 bits per heavy atom. The Morgan fingerprint density at radius 1 is 0.808 bits per heavy atom. The lowest BCUT2D eigenvalue weighted by molar-refractivity contribution is -0.510. The van der Waals surface area contributed by atoms with Crippen molar-refractivity contribution < 1.29 is 74.6 Å². The first kappa shape index (κ1) is 24.5. The topological polar surface area (TPSA) is 35.5 Å². The third-order valence-electron chi connectivity index (χ3n) is 2.10. The largest absolute Gasteiger partial charge is 0.471 e. The van der Waals surface area contributed by atoms with Crippen LogP contribution in [0.15, 0.2) is 12.1 Å². The standard InChI is InChI=1S/C8H2F14O3S/c1-26(22,23)8(20,21)7(18,19)25-4(12,5(13,14)15)6(16,17)24-3(11)2(9)10/h1H2. The first-order valence-electron chi connectivity index (χ1n) is 5.09. The average molecular weight is 444 g/mol. The molecule has 0 aromatic rings. The van der Waals surface area contributed by atoms with Crippen LogP contribution >= 0.6 is 0 Å². The van der Waals surface area contributed by atoms with E-state index in [2.05, 4.69) is 0 Å². The van der Waals surface area contributed by atoms with Crippen molar-refractivity contribution in [1.82, 2.24) is 0 Å². The lowest BCUT2D eigenvalue weighted by Gasteiger charge is -2.36. The molecule has 0 heterocycles. The molecule has 26 heavy (non-hydrogen) atoms. The van der Waals surface area contributed by atoms with Crippen LogP contribution in [0.4, 0.5) is 61.0 Å². The van der Waals surface area contributed by atoms with Gasteiger partial charge in [-0.2, -0.15) is 57.1 Å². The van der Waals surface area contributed by atoms with Crippen LogP contribution in [0.5, 0.6) is 0 Å². The molecule has 3 nitrogen and oxygen atoms in total. The second-order valence-electron chi connectivity index (χ2n) is 3.98. The number of hydrogen-bond donors (Lipinski definition) is 0. The third-order valence-corrected chi connectivity index (χ3v) is 3.10. The highest BCUT2D eigenvalue weighted by Gasteiger charge is 2.82. The first-order valence-corrected chi connectivity index (χ1v) is 6.71. The molecule has 0 aliphatic heterocycles. The minimum atomic E-state index is -7.48. The van der Waals surface area contributed by atoms with Gasteiger partial charge in [0.2, 0.25) is 0 Å². The molecule has 0 amide bonds. The zero-order chi connectivity index (χ0) is 21.6. The van der Waals surface area contributed by atoms with Crippen LogP contribution in [0.3, 0.4) is 0 Å². The quantitative estimate of drug-likeness (QED) is 0.248. The van der Waals surface area contributed by atoms with E-state index in [-0.39, 0.29) is 0 Å². The van der Waals surface area contributed by atoms with Gasteiger partial charge < -0.3 is 4.74 Å². The van der Waals surface area contributed by atoms with E-state index in [1.165, 1.54) is 5.87 Å². The van der Waals surface area contributed by atoms with Crippen LogP contribution in [-0.4, -0.2) is 39.6 Å². The second-order valence-corrected chi connectivity index (χ2v) is 5.68. The number of hydrogen-bond acceptors (Lipinski definition) is 3. The molecule has 0 N–H and O–H groups in total. The molecule has 18 heteroatoms. The molecular weight excluding hydrogens is 442 g/mol. The Hall–Kier alpha value is -1.46. The SMILES string of the molecule is C=S(=O)(F)C(F)(F)C(F)(F)OC(F)(C(F)(F)F)C(F)(F)OC(F)=C(F)F. The Kier molecular flexibility index (Phi) is 6.24. The molecule has 0 aromatic carbocycles. The van der Waals surface area contributed by atoms with Gasteiger partial charge in [-0.25, -0.2) is 4.21 Å². The molecule has 0 spiro atoms. The Labute approximate surface area is 133 Å². The Balaban J connectivity index is 6.35. The highest BCUT2D eigenvalue weighted by atomic mass is 32.2. The van der Waals surface area contributed by atoms with E-state index in [1.54, 1.807) is 4.74 Å². The van der Waals surface area contributed by atoms with Crippen molar-refractivity contribution in [2.24, 2.45) is 0 Å². The van der Waals surface area contributed by atoms with Gasteiger partial charge >= 0.3 is 41.6 Å². The molecule has 0 aromatic heterocycles. The molecule has 2 unspecified atom stereocenters. The summed E-state index contributed by atoms with van der Waals surface area (Å²) >= 11 is 0. The predicted molar refractivity (Wildman–Crippen MR) is 53.6 cm³/mol. The lowest BCUT2D eigenvalue weighted by atomic mass is 10.2. The van der Waals surface area contributed by atoms with E-state index >= 15 is 0 Å². The summed E-state index contributed by atoms with van der Waals surface area (Å²) in [6.07, 6.45) is -25.9. The van der Waals surface area contributed by atoms with Gasteiger partial charge in [-0.15, -0.1) is 3.89 Å². The van der Waals surface area contributed by atoms with Crippen molar-refractivity contribution in [3.8, 4) is 0 Å². The molecular formula is C8H2F14O3S. The fraction of sp³-hybridized carbons (Fsp3) is 0.625. The van der Waals surface area contributed by atoms with Crippen molar-refractivity contribution in [2.45, 2.75) is 29.5 Å². The van der Waals surface area contributed by atoms with Crippen molar-refractivity contribution in [2.75, 3.05) is 0 Å². The van der Waals surface area contributed by atoms with Gasteiger partial charge in [0.25, 0.3) is 0 Å². The van der Waals surface area contributed by atoms with Gasteiger partial charge in [0, 0.05) is 0 Å². The summed E-state index contributed by atoms with van der Waals surface area (Å²) < 4.78 is 189. The number of ether oxygens (including phenoxy) is 2. The second kappa shape index (κ2) is 6.61. The molecule has 0 fully saturated rings. The van der Waals surface area contributed by atoms with Gasteiger partial charge in [-0.3, -0.25) is 4.74 Å². The maximum Gasteiger partial charge on any atom is 0.471 e. The Bertz CT molecular complexity index is 660. The zero-order valence-corrected chi connectivity index (χ0v) is 11.9. The maximum absolute atomic E-state index is 13.4. The van der Waals surface area contributed by atoms with Gasteiger partial charge in [0.15, 0.2) is 9.91 Å². The molecule has 0 rings (SSSR count). The smallest absolute Gasteiger partial charge is 0.398 e. The van der Waals surface area contributed by atoms with Crippen LogP contribution in [0.2, 0.25) is 0 Å². The van der Waals surface area contributed by atoms with Gasteiger partial charge in [-0.05, 0) is 5.87 Å². The molecule has 0 bridgehead atoms. The lowest BCUT2D eigenvalue weighted by Crippen LogP contribution is -2.64. The minimum Gasteiger partial charge on any atom is -0.398 e. The van der Waals surface area contributed by atoms with Crippen LogP contribution in [0.25, 0.3) is 0 Å². The maximum atomic E-state index is 13.4. The monoisotopic (exact) mass is 444 g/mol. The molecule has 156 valence electrons. The fourth-order valence-electron chi connectivity index (χ4n) is 0.913. The van der Waals surface area contributed by atoms with Crippen molar-refractivity contribution in [1.29, 1.82) is 0 Å². The minimum absolute atomic E-state index is 1.30. The molecule has 0 radical (unpaired) electrons. The summed E-state index contributed by atoms with van der Waals surface area (Å²) in [7, 11) is -6.89. The van der Waals surface area contributed by atoms with Crippen molar-refractivity contribution in [3.63, 3.8) is 0 Å². The molecule has 0 saturated carbocycles. The van der Waals surface area contributed by atoms with Crippen LogP contribution in [0, 0.1) is 0 Å². The van der Waals surface area contributed by atoms with E-state index < -0.39 is 51.5 Å². The van der Waals surface area contributed by atoms with Crippen molar-refractivity contribution >= 4 is 15.8 Å². The highest BCUT2D eigenvalue weighted by molar-refractivity contribution is 7.96. The summed E-state index contributed by atoms with van der Waals surface area (Å²) in [5.74, 6) is -6.16. The summed E-state index contributed by atoms with van der Waals surface area (Å²) in [6, 6.07) is -3.92. The summed E-state index contributed by atoms with van der Waals surface area (Å²) in [6.45, 7) is 0. The van der Waals surface area contributed by atoms with E-state index in [9.17, 15) is 65.2 Å². The summed E-state index contributed by atoms with van der Waals surface area (Å²) in [4.78, 5) is 0. The van der Waals surface area contributed by atoms with E-state index in [4.69, 9.17) is 0 Å². The van der Waals surface area contributed by atoms with Crippen LogP contribution in [-0.2, 0) is 19.4 Å². The van der Waals surface area contributed by atoms with Gasteiger partial charge in [-0.1, -0.05) is 0 Å². The predicted octanol–water partition coefficient (Wildman–Crippen LogP) is 4.66. The summed E-state index contributed by atoms with van der Waals surface area (Å²) in [5.41, 5.74) is 0. The fourth-order valence-corrected chi connectivity index (χ4v) is 1.31. The average Bonchev–Trinajstić information content (AvgIpc) is 2.34. The molecule has 0 aliphatic rings. The normalized spacial score (nSPS) is 18.7. The molecule has 2 atom stereocenters. The Morgan fingerprint density at radius 3 is 1.46 bits per heavy atom. The van der Waals surface area contributed by atoms with Crippen LogP contribution in [0.1, 0.15) is 0 Å². The first-order chi connectivity index (χ1) is 11.0. The summed E-state index contributed by atoms with van der Waals surface area (Å²) in [5, 5.41) is -6.93. The zero-order valence-electron chi connectivity index (χ0n) is 11.1. The number of halogens is 14.